The van der Waals surface area contributed by atoms with Crippen LogP contribution < -0.4 is 0 Å². The Hall–Kier alpha value is -2.60. The minimum atomic E-state index is 0.699. The summed E-state index contributed by atoms with van der Waals surface area (Å²) in [4.78, 5) is 4.58. The Balaban J connectivity index is 1.89. The molecule has 0 fully saturated rings. The van der Waals surface area contributed by atoms with Crippen molar-refractivity contribution in [2.24, 2.45) is 0 Å². The number of hydrogen-bond donors (Lipinski definition) is 0. The minimum absolute atomic E-state index is 0.699. The van der Waals surface area contributed by atoms with Gasteiger partial charge in [-0.2, -0.15) is 4.68 Å². The predicted molar refractivity (Wildman–Crippen MR) is 77.8 cm³/mol. The van der Waals surface area contributed by atoms with E-state index in [9.17, 15) is 0 Å². The fraction of sp³-hybridized carbons (Fsp3) is 0. The molecule has 0 N–H and O–H groups in total. The zero-order valence-electron chi connectivity index (χ0n) is 10.3. The first kappa shape index (κ1) is 11.2. The van der Waals surface area contributed by atoms with Crippen molar-refractivity contribution in [1.82, 2.24) is 25.2 Å². The third-order valence-electron chi connectivity index (χ3n) is 2.97. The number of nitrogens with zero attached hydrogens (tertiary/aromatic N) is 5. The summed E-state index contributed by atoms with van der Waals surface area (Å²) in [7, 11) is 0. The number of aromatic nitrogens is 5. The minimum Gasteiger partial charge on any atom is -0.218 e. The molecule has 0 saturated heterocycles. The molecule has 0 amide bonds. The van der Waals surface area contributed by atoms with Gasteiger partial charge < -0.3 is 0 Å². The van der Waals surface area contributed by atoms with E-state index in [2.05, 4.69) is 20.5 Å². The van der Waals surface area contributed by atoms with Crippen molar-refractivity contribution >= 4 is 21.6 Å². The standard InChI is InChI=1S/C14H9N5S/c1-2-6-10(7-3-1)13-16-17-18-19(13)14-15-11-8-4-5-9-12(11)20-14/h1-9H. The summed E-state index contributed by atoms with van der Waals surface area (Å²) >= 11 is 1.57. The second kappa shape index (κ2) is 4.50. The molecule has 0 saturated carbocycles. The number of hydrogen-bond acceptors (Lipinski definition) is 5. The summed E-state index contributed by atoms with van der Waals surface area (Å²) in [6, 6.07) is 17.9. The van der Waals surface area contributed by atoms with Crippen LogP contribution >= 0.6 is 11.3 Å². The largest absolute Gasteiger partial charge is 0.218 e. The molecule has 0 unspecified atom stereocenters. The molecular formula is C14H9N5S. The fourth-order valence-corrected chi connectivity index (χ4v) is 2.95. The van der Waals surface area contributed by atoms with Gasteiger partial charge in [0.25, 0.3) is 0 Å². The van der Waals surface area contributed by atoms with E-state index in [-0.39, 0.29) is 0 Å². The lowest BCUT2D eigenvalue weighted by molar-refractivity contribution is 0.788. The molecular weight excluding hydrogens is 270 g/mol. The predicted octanol–water partition coefficient (Wildman–Crippen LogP) is 2.94. The maximum absolute atomic E-state index is 4.58. The highest BCUT2D eigenvalue weighted by molar-refractivity contribution is 7.20. The number of fused-ring (bicyclic) bond motifs is 1. The van der Waals surface area contributed by atoms with E-state index in [1.54, 1.807) is 16.0 Å². The molecule has 0 spiro atoms. The number of rotatable bonds is 2. The highest BCUT2D eigenvalue weighted by atomic mass is 32.1. The second-order valence-corrected chi connectivity index (χ2v) is 5.25. The number of tetrazole rings is 1. The Bertz CT molecular complexity index is 832. The summed E-state index contributed by atoms with van der Waals surface area (Å²) < 4.78 is 2.80. The van der Waals surface area contributed by atoms with E-state index < -0.39 is 0 Å². The van der Waals surface area contributed by atoms with Crippen LogP contribution in [0.25, 0.3) is 26.7 Å². The van der Waals surface area contributed by atoms with Gasteiger partial charge in [0.1, 0.15) is 0 Å². The molecule has 0 bridgehead atoms. The summed E-state index contributed by atoms with van der Waals surface area (Å²) in [5.41, 5.74) is 1.93. The Kier molecular flexibility index (Phi) is 2.53. The van der Waals surface area contributed by atoms with Crippen LogP contribution in [0.1, 0.15) is 0 Å². The molecule has 0 atom stereocenters. The maximum Gasteiger partial charge on any atom is 0.215 e. The highest BCUT2D eigenvalue weighted by Crippen LogP contribution is 2.26. The lowest BCUT2D eigenvalue weighted by Crippen LogP contribution is -1.98. The molecule has 96 valence electrons. The molecule has 20 heavy (non-hydrogen) atoms. The lowest BCUT2D eigenvalue weighted by atomic mass is 10.2. The van der Waals surface area contributed by atoms with Gasteiger partial charge in [0, 0.05) is 5.56 Å². The zero-order valence-corrected chi connectivity index (χ0v) is 11.2. The monoisotopic (exact) mass is 279 g/mol. The molecule has 4 rings (SSSR count). The Labute approximate surface area is 118 Å². The van der Waals surface area contributed by atoms with Crippen molar-refractivity contribution in [3.8, 4) is 16.5 Å². The molecule has 4 aromatic rings. The normalized spacial score (nSPS) is 11.0. The molecule has 0 aliphatic heterocycles. The van der Waals surface area contributed by atoms with Gasteiger partial charge in [0.15, 0.2) is 5.82 Å². The van der Waals surface area contributed by atoms with Gasteiger partial charge in [-0.1, -0.05) is 53.8 Å². The van der Waals surface area contributed by atoms with Crippen LogP contribution in [-0.2, 0) is 0 Å². The van der Waals surface area contributed by atoms with Crippen LogP contribution in [-0.4, -0.2) is 25.2 Å². The molecule has 0 radical (unpaired) electrons. The van der Waals surface area contributed by atoms with E-state index in [4.69, 9.17) is 0 Å². The molecule has 0 aliphatic rings. The van der Waals surface area contributed by atoms with Crippen LogP contribution in [0.2, 0.25) is 0 Å². The van der Waals surface area contributed by atoms with E-state index in [1.807, 2.05) is 54.6 Å². The summed E-state index contributed by atoms with van der Waals surface area (Å²) in [6.07, 6.45) is 0. The highest BCUT2D eigenvalue weighted by Gasteiger charge is 2.13. The molecule has 2 heterocycles. The SMILES string of the molecule is c1ccc(-c2nnnn2-c2nc3ccccc3s2)cc1. The number of thiazole rings is 1. The third-order valence-corrected chi connectivity index (χ3v) is 3.98. The zero-order chi connectivity index (χ0) is 13.4. The maximum atomic E-state index is 4.58. The van der Waals surface area contributed by atoms with Crippen LogP contribution in [0.3, 0.4) is 0 Å². The van der Waals surface area contributed by atoms with Crippen molar-refractivity contribution < 1.29 is 0 Å². The fourth-order valence-electron chi connectivity index (χ4n) is 2.03. The van der Waals surface area contributed by atoms with Crippen LogP contribution in [0.5, 0.6) is 0 Å². The Morgan fingerprint density at radius 3 is 2.55 bits per heavy atom. The first-order chi connectivity index (χ1) is 9.92. The average molecular weight is 279 g/mol. The van der Waals surface area contributed by atoms with Gasteiger partial charge in [0.05, 0.1) is 10.2 Å². The van der Waals surface area contributed by atoms with Crippen molar-refractivity contribution in [3.05, 3.63) is 54.6 Å². The summed E-state index contributed by atoms with van der Waals surface area (Å²) in [5.74, 6) is 0.699. The summed E-state index contributed by atoms with van der Waals surface area (Å²) in [5, 5.41) is 12.7. The van der Waals surface area contributed by atoms with Crippen molar-refractivity contribution in [1.29, 1.82) is 0 Å². The van der Waals surface area contributed by atoms with Gasteiger partial charge in [-0.05, 0) is 22.6 Å². The van der Waals surface area contributed by atoms with Gasteiger partial charge in [-0.25, -0.2) is 4.98 Å². The summed E-state index contributed by atoms with van der Waals surface area (Å²) in [6.45, 7) is 0. The molecule has 2 aromatic carbocycles. The smallest absolute Gasteiger partial charge is 0.215 e. The average Bonchev–Trinajstić information content (AvgIpc) is 3.14. The van der Waals surface area contributed by atoms with Gasteiger partial charge in [-0.15, -0.1) is 5.10 Å². The molecule has 0 aliphatic carbocycles. The lowest BCUT2D eigenvalue weighted by Gasteiger charge is -1.99. The van der Waals surface area contributed by atoms with E-state index in [0.717, 1.165) is 20.9 Å². The van der Waals surface area contributed by atoms with Crippen molar-refractivity contribution in [2.45, 2.75) is 0 Å². The van der Waals surface area contributed by atoms with Crippen LogP contribution in [0, 0.1) is 0 Å². The quantitative estimate of drug-likeness (QED) is 0.566. The second-order valence-electron chi connectivity index (χ2n) is 4.24. The Morgan fingerprint density at radius 1 is 0.900 bits per heavy atom. The first-order valence-corrected chi connectivity index (χ1v) is 6.93. The van der Waals surface area contributed by atoms with Gasteiger partial charge in [0.2, 0.25) is 5.13 Å². The van der Waals surface area contributed by atoms with Crippen LogP contribution in [0.4, 0.5) is 0 Å². The van der Waals surface area contributed by atoms with E-state index in [1.165, 1.54) is 0 Å². The van der Waals surface area contributed by atoms with Gasteiger partial charge >= 0.3 is 0 Å². The number of benzene rings is 2. The van der Waals surface area contributed by atoms with E-state index >= 15 is 0 Å². The molecule has 5 nitrogen and oxygen atoms in total. The van der Waals surface area contributed by atoms with Crippen molar-refractivity contribution in [2.75, 3.05) is 0 Å². The third kappa shape index (κ3) is 1.78. The Morgan fingerprint density at radius 2 is 1.70 bits per heavy atom. The van der Waals surface area contributed by atoms with Crippen LogP contribution in [0.15, 0.2) is 54.6 Å². The first-order valence-electron chi connectivity index (χ1n) is 6.11. The molecule has 2 aromatic heterocycles. The van der Waals surface area contributed by atoms with Crippen molar-refractivity contribution in [3.63, 3.8) is 0 Å². The number of para-hydroxylation sites is 1. The topological polar surface area (TPSA) is 56.5 Å². The van der Waals surface area contributed by atoms with E-state index in [0.29, 0.717) is 5.82 Å². The molecule has 6 heteroatoms. The van der Waals surface area contributed by atoms with Gasteiger partial charge in [-0.3, -0.25) is 0 Å².